The molecule has 1 rings (SSSR count). The molecule has 0 aliphatic rings. The molecule has 25 heavy (non-hydrogen) atoms. The van der Waals surface area contributed by atoms with Crippen molar-refractivity contribution in [3.05, 3.63) is 29.8 Å². The molecule has 0 amide bonds. The van der Waals surface area contributed by atoms with Crippen LogP contribution in [0.3, 0.4) is 0 Å². The van der Waals surface area contributed by atoms with E-state index in [0.717, 1.165) is 30.6 Å². The molecule has 3 heteroatoms. The Labute approximate surface area is 154 Å². The van der Waals surface area contributed by atoms with Gasteiger partial charge in [0.05, 0.1) is 19.1 Å². The third kappa shape index (κ3) is 5.49. The SMILES string of the molecule is CCCCCCC(Cc1ccccc1OC)(C(=O)OCC)C(C)(C)C. The fourth-order valence-corrected chi connectivity index (χ4v) is 3.51. The van der Waals surface area contributed by atoms with Crippen molar-refractivity contribution < 1.29 is 14.3 Å². The predicted molar refractivity (Wildman–Crippen MR) is 104 cm³/mol. The number of hydrogen-bond acceptors (Lipinski definition) is 3. The summed E-state index contributed by atoms with van der Waals surface area (Å²) < 4.78 is 11.1. The fourth-order valence-electron chi connectivity index (χ4n) is 3.51. The molecule has 0 bridgehead atoms. The van der Waals surface area contributed by atoms with E-state index in [-0.39, 0.29) is 11.4 Å². The van der Waals surface area contributed by atoms with Crippen molar-refractivity contribution in [2.24, 2.45) is 10.8 Å². The van der Waals surface area contributed by atoms with Crippen molar-refractivity contribution in [3.8, 4) is 5.75 Å². The van der Waals surface area contributed by atoms with Crippen molar-refractivity contribution in [2.45, 2.75) is 73.1 Å². The number of hydrogen-bond donors (Lipinski definition) is 0. The maximum atomic E-state index is 13.1. The lowest BCUT2D eigenvalue weighted by Gasteiger charge is -2.43. The third-order valence-electron chi connectivity index (χ3n) is 5.24. The minimum absolute atomic E-state index is 0.0788. The Balaban J connectivity index is 3.24. The Morgan fingerprint density at radius 3 is 2.28 bits per heavy atom. The number of carbonyl (C=O) groups excluding carboxylic acids is 1. The Hall–Kier alpha value is -1.51. The van der Waals surface area contributed by atoms with Crippen LogP contribution in [0.1, 0.15) is 72.3 Å². The smallest absolute Gasteiger partial charge is 0.312 e. The van der Waals surface area contributed by atoms with Crippen LogP contribution in [0.25, 0.3) is 0 Å². The zero-order valence-corrected chi connectivity index (χ0v) is 17.0. The molecule has 0 saturated heterocycles. The molecule has 1 unspecified atom stereocenters. The van der Waals surface area contributed by atoms with Gasteiger partial charge in [0.2, 0.25) is 0 Å². The summed E-state index contributed by atoms with van der Waals surface area (Å²) in [7, 11) is 1.68. The van der Waals surface area contributed by atoms with Crippen molar-refractivity contribution in [1.29, 1.82) is 0 Å². The second-order valence-electron chi connectivity index (χ2n) is 7.85. The summed E-state index contributed by atoms with van der Waals surface area (Å²) in [5.41, 5.74) is 0.320. The molecule has 1 atom stereocenters. The molecule has 0 saturated carbocycles. The van der Waals surface area contributed by atoms with Gasteiger partial charge in [-0.2, -0.15) is 0 Å². The van der Waals surface area contributed by atoms with Crippen LogP contribution >= 0.6 is 0 Å². The van der Waals surface area contributed by atoms with Gasteiger partial charge in [-0.1, -0.05) is 71.6 Å². The van der Waals surface area contributed by atoms with E-state index in [1.807, 2.05) is 25.1 Å². The number of carbonyl (C=O) groups is 1. The molecular weight excluding hydrogens is 312 g/mol. The van der Waals surface area contributed by atoms with E-state index >= 15 is 0 Å². The number of ether oxygens (including phenoxy) is 2. The van der Waals surface area contributed by atoms with Crippen LogP contribution in [0.2, 0.25) is 0 Å². The van der Waals surface area contributed by atoms with E-state index in [4.69, 9.17) is 9.47 Å². The molecule has 1 aromatic rings. The Morgan fingerprint density at radius 2 is 1.72 bits per heavy atom. The first-order chi connectivity index (χ1) is 11.8. The van der Waals surface area contributed by atoms with Crippen LogP contribution < -0.4 is 4.74 Å². The van der Waals surface area contributed by atoms with Crippen molar-refractivity contribution >= 4 is 5.97 Å². The van der Waals surface area contributed by atoms with Gasteiger partial charge in [-0.3, -0.25) is 4.79 Å². The number of esters is 1. The highest BCUT2D eigenvalue weighted by Gasteiger charge is 2.49. The normalized spacial score (nSPS) is 14.0. The summed E-state index contributed by atoms with van der Waals surface area (Å²) >= 11 is 0. The Bertz CT molecular complexity index is 530. The summed E-state index contributed by atoms with van der Waals surface area (Å²) in [6.07, 6.45) is 6.07. The molecule has 0 spiro atoms. The van der Waals surface area contributed by atoms with Crippen molar-refractivity contribution in [3.63, 3.8) is 0 Å². The maximum absolute atomic E-state index is 13.1. The van der Waals surface area contributed by atoms with E-state index in [2.05, 4.69) is 33.8 Å². The van der Waals surface area contributed by atoms with Crippen molar-refractivity contribution in [2.75, 3.05) is 13.7 Å². The quantitative estimate of drug-likeness (QED) is 0.396. The second kappa shape index (κ2) is 9.84. The van der Waals surface area contributed by atoms with Gasteiger partial charge >= 0.3 is 5.97 Å². The lowest BCUT2D eigenvalue weighted by atomic mass is 9.61. The molecule has 0 N–H and O–H groups in total. The van der Waals surface area contributed by atoms with Crippen LogP contribution in [0.15, 0.2) is 24.3 Å². The third-order valence-corrected chi connectivity index (χ3v) is 5.24. The topological polar surface area (TPSA) is 35.5 Å². The molecule has 0 aliphatic carbocycles. The lowest BCUT2D eigenvalue weighted by Crippen LogP contribution is -2.46. The zero-order chi connectivity index (χ0) is 18.9. The van der Waals surface area contributed by atoms with E-state index in [0.29, 0.717) is 13.0 Å². The first-order valence-corrected chi connectivity index (χ1v) is 9.61. The first-order valence-electron chi connectivity index (χ1n) is 9.61. The molecule has 0 radical (unpaired) electrons. The molecule has 0 fully saturated rings. The fraction of sp³-hybridized carbons (Fsp3) is 0.682. The Morgan fingerprint density at radius 1 is 1.04 bits per heavy atom. The van der Waals surface area contributed by atoms with E-state index in [9.17, 15) is 4.79 Å². The number of benzene rings is 1. The Kier molecular flexibility index (Phi) is 8.47. The highest BCUT2D eigenvalue weighted by Crippen LogP contribution is 2.47. The van der Waals surface area contributed by atoms with Crippen molar-refractivity contribution in [1.82, 2.24) is 0 Å². The number of methoxy groups -OCH3 is 1. The minimum Gasteiger partial charge on any atom is -0.496 e. The van der Waals surface area contributed by atoms with E-state index in [1.54, 1.807) is 7.11 Å². The molecule has 3 nitrogen and oxygen atoms in total. The van der Waals surface area contributed by atoms with Gasteiger partial charge in [0.25, 0.3) is 0 Å². The minimum atomic E-state index is -0.550. The standard InChI is InChI=1S/C22H36O3/c1-7-9-10-13-16-22(21(3,4)5,20(23)25-8-2)17-18-14-11-12-15-19(18)24-6/h11-12,14-15H,7-10,13,16-17H2,1-6H3. The number of rotatable bonds is 10. The summed E-state index contributed by atoms with van der Waals surface area (Å²) in [6.45, 7) is 11.0. The molecule has 142 valence electrons. The highest BCUT2D eigenvalue weighted by atomic mass is 16.5. The average molecular weight is 349 g/mol. The summed E-state index contributed by atoms with van der Waals surface area (Å²) in [5.74, 6) is 0.763. The zero-order valence-electron chi connectivity index (χ0n) is 17.0. The summed E-state index contributed by atoms with van der Waals surface area (Å²) in [5, 5.41) is 0. The second-order valence-corrected chi connectivity index (χ2v) is 7.85. The molecule has 1 aromatic carbocycles. The van der Waals surface area contributed by atoms with Crippen LogP contribution in [0.4, 0.5) is 0 Å². The molecule has 0 aliphatic heterocycles. The highest BCUT2D eigenvalue weighted by molar-refractivity contribution is 5.78. The van der Waals surface area contributed by atoms with Gasteiger partial charge in [-0.05, 0) is 36.8 Å². The molecule has 0 aromatic heterocycles. The number of unbranched alkanes of at least 4 members (excludes halogenated alkanes) is 3. The lowest BCUT2D eigenvalue weighted by molar-refractivity contribution is -0.164. The van der Waals surface area contributed by atoms with E-state index in [1.165, 1.54) is 12.8 Å². The molecule has 0 heterocycles. The van der Waals surface area contributed by atoms with Crippen LogP contribution in [0.5, 0.6) is 5.75 Å². The molecular formula is C22H36O3. The first kappa shape index (κ1) is 21.5. The van der Waals surface area contributed by atoms with Crippen LogP contribution in [-0.4, -0.2) is 19.7 Å². The van der Waals surface area contributed by atoms with Gasteiger partial charge in [0, 0.05) is 0 Å². The van der Waals surface area contributed by atoms with Crippen LogP contribution in [-0.2, 0) is 16.0 Å². The maximum Gasteiger partial charge on any atom is 0.312 e. The van der Waals surface area contributed by atoms with Gasteiger partial charge in [-0.15, -0.1) is 0 Å². The average Bonchev–Trinajstić information content (AvgIpc) is 2.57. The van der Waals surface area contributed by atoms with Gasteiger partial charge in [0.15, 0.2) is 0 Å². The summed E-state index contributed by atoms with van der Waals surface area (Å²) in [6, 6.07) is 8.00. The number of para-hydroxylation sites is 1. The van der Waals surface area contributed by atoms with Crippen LogP contribution in [0, 0.1) is 10.8 Å². The predicted octanol–water partition coefficient (Wildman–Crippen LogP) is 5.80. The largest absolute Gasteiger partial charge is 0.496 e. The van der Waals surface area contributed by atoms with Gasteiger partial charge in [-0.25, -0.2) is 0 Å². The van der Waals surface area contributed by atoms with Gasteiger partial charge < -0.3 is 9.47 Å². The van der Waals surface area contributed by atoms with E-state index < -0.39 is 5.41 Å². The summed E-state index contributed by atoms with van der Waals surface area (Å²) in [4.78, 5) is 13.1. The monoisotopic (exact) mass is 348 g/mol. The van der Waals surface area contributed by atoms with Gasteiger partial charge in [0.1, 0.15) is 5.75 Å².